The number of ether oxygens (including phenoxy) is 2. The van der Waals surface area contributed by atoms with Gasteiger partial charge in [-0.15, -0.1) is 0 Å². The first-order valence-corrected chi connectivity index (χ1v) is 7.81. The largest absolute Gasteiger partial charge is 0.496 e. The standard InChI is InChI=1S/C14H21NO4S/c1-9-6-15-12(11(3)13(9)18-4)8-20(17)7-10(2)14(16)19-5/h6,10H,7-8H2,1-5H3. The first-order chi connectivity index (χ1) is 9.40. The second-order valence-corrected chi connectivity index (χ2v) is 6.22. The van der Waals surface area contributed by atoms with Gasteiger partial charge >= 0.3 is 5.97 Å². The van der Waals surface area contributed by atoms with E-state index in [9.17, 15) is 9.00 Å². The lowest BCUT2D eigenvalue weighted by Gasteiger charge is -2.13. The number of carbonyl (C=O) groups excluding carboxylic acids is 1. The molecule has 0 aliphatic carbocycles. The fourth-order valence-electron chi connectivity index (χ4n) is 1.98. The third kappa shape index (κ3) is 4.03. The molecule has 2 unspecified atom stereocenters. The van der Waals surface area contributed by atoms with Crippen LogP contribution < -0.4 is 4.74 Å². The van der Waals surface area contributed by atoms with Crippen LogP contribution in [0.3, 0.4) is 0 Å². The molecule has 0 spiro atoms. The molecular weight excluding hydrogens is 278 g/mol. The van der Waals surface area contributed by atoms with Crippen LogP contribution in [-0.4, -0.2) is 35.1 Å². The van der Waals surface area contributed by atoms with Crippen molar-refractivity contribution in [2.45, 2.75) is 26.5 Å². The molecule has 0 aromatic carbocycles. The predicted molar refractivity (Wildman–Crippen MR) is 78.2 cm³/mol. The summed E-state index contributed by atoms with van der Waals surface area (Å²) in [5.41, 5.74) is 2.58. The lowest BCUT2D eigenvalue weighted by molar-refractivity contribution is -0.144. The lowest BCUT2D eigenvalue weighted by atomic mass is 10.1. The minimum Gasteiger partial charge on any atom is -0.496 e. The summed E-state index contributed by atoms with van der Waals surface area (Å²) in [6.07, 6.45) is 1.71. The number of nitrogens with zero attached hydrogens (tertiary/aromatic N) is 1. The first-order valence-electron chi connectivity index (χ1n) is 6.32. The van der Waals surface area contributed by atoms with Crippen molar-refractivity contribution in [2.24, 2.45) is 5.92 Å². The number of hydrogen-bond donors (Lipinski definition) is 0. The van der Waals surface area contributed by atoms with Crippen molar-refractivity contribution < 1.29 is 18.5 Å². The van der Waals surface area contributed by atoms with Crippen LogP contribution in [0.5, 0.6) is 5.75 Å². The molecule has 1 rings (SSSR count). The molecule has 0 fully saturated rings. The second-order valence-electron chi connectivity index (χ2n) is 4.72. The molecule has 0 bridgehead atoms. The summed E-state index contributed by atoms with van der Waals surface area (Å²) in [5, 5.41) is 0. The van der Waals surface area contributed by atoms with E-state index in [1.54, 1.807) is 20.2 Å². The fraction of sp³-hybridized carbons (Fsp3) is 0.571. The Morgan fingerprint density at radius 3 is 2.60 bits per heavy atom. The maximum Gasteiger partial charge on any atom is 0.309 e. The van der Waals surface area contributed by atoms with E-state index in [4.69, 9.17) is 4.74 Å². The number of aryl methyl sites for hydroxylation is 1. The average molecular weight is 299 g/mol. The van der Waals surface area contributed by atoms with Crippen molar-refractivity contribution in [3.05, 3.63) is 23.0 Å². The van der Waals surface area contributed by atoms with E-state index in [1.807, 2.05) is 13.8 Å². The quantitative estimate of drug-likeness (QED) is 0.749. The number of rotatable bonds is 6. The molecule has 0 aliphatic heterocycles. The Bertz CT molecular complexity index is 516. The zero-order chi connectivity index (χ0) is 15.3. The third-order valence-electron chi connectivity index (χ3n) is 3.09. The molecule has 0 amide bonds. The van der Waals surface area contributed by atoms with Crippen LogP contribution in [0, 0.1) is 19.8 Å². The summed E-state index contributed by atoms with van der Waals surface area (Å²) >= 11 is 0. The molecule has 20 heavy (non-hydrogen) atoms. The van der Waals surface area contributed by atoms with Crippen molar-refractivity contribution in [3.8, 4) is 5.75 Å². The van der Waals surface area contributed by atoms with Crippen LogP contribution in [0.15, 0.2) is 6.20 Å². The summed E-state index contributed by atoms with van der Waals surface area (Å²) in [6.45, 7) is 5.52. The van der Waals surface area contributed by atoms with Gasteiger partial charge in [-0.25, -0.2) is 0 Å². The Labute approximate surface area is 122 Å². The van der Waals surface area contributed by atoms with Gasteiger partial charge in [0.05, 0.1) is 31.6 Å². The SMILES string of the molecule is COC(=O)C(C)CS(=O)Cc1ncc(C)c(OC)c1C. The van der Waals surface area contributed by atoms with E-state index in [2.05, 4.69) is 9.72 Å². The topological polar surface area (TPSA) is 65.5 Å². The van der Waals surface area contributed by atoms with E-state index < -0.39 is 10.8 Å². The number of esters is 1. The average Bonchev–Trinajstić information content (AvgIpc) is 2.41. The van der Waals surface area contributed by atoms with E-state index in [0.29, 0.717) is 5.75 Å². The van der Waals surface area contributed by atoms with Crippen LogP contribution in [-0.2, 0) is 26.1 Å². The summed E-state index contributed by atoms with van der Waals surface area (Å²) in [5.74, 6) is 0.624. The third-order valence-corrected chi connectivity index (χ3v) is 4.55. The van der Waals surface area contributed by atoms with Crippen molar-refractivity contribution in [1.82, 2.24) is 4.98 Å². The van der Waals surface area contributed by atoms with E-state index in [0.717, 1.165) is 22.6 Å². The molecule has 0 saturated heterocycles. The molecule has 1 aromatic rings. The Kier molecular flexibility index (Phi) is 6.13. The van der Waals surface area contributed by atoms with Gasteiger partial charge in [0.25, 0.3) is 0 Å². The Morgan fingerprint density at radius 1 is 1.40 bits per heavy atom. The maximum absolute atomic E-state index is 12.1. The highest BCUT2D eigenvalue weighted by Gasteiger charge is 2.18. The Hall–Kier alpha value is -1.43. The van der Waals surface area contributed by atoms with Crippen molar-refractivity contribution in [3.63, 3.8) is 0 Å². The number of pyridine rings is 1. The number of carbonyl (C=O) groups is 1. The molecule has 112 valence electrons. The lowest BCUT2D eigenvalue weighted by Crippen LogP contribution is -2.20. The predicted octanol–water partition coefficient (Wildman–Crippen LogP) is 1.76. The van der Waals surface area contributed by atoms with Gasteiger partial charge in [-0.2, -0.15) is 0 Å². The molecule has 1 aromatic heterocycles. The zero-order valence-electron chi connectivity index (χ0n) is 12.6. The van der Waals surface area contributed by atoms with Crippen molar-refractivity contribution in [2.75, 3.05) is 20.0 Å². The normalized spacial score (nSPS) is 13.7. The highest BCUT2D eigenvalue weighted by molar-refractivity contribution is 7.84. The van der Waals surface area contributed by atoms with E-state index >= 15 is 0 Å². The highest BCUT2D eigenvalue weighted by atomic mass is 32.2. The maximum atomic E-state index is 12.1. The molecule has 0 radical (unpaired) electrons. The second kappa shape index (κ2) is 7.38. The molecule has 5 nitrogen and oxygen atoms in total. The summed E-state index contributed by atoms with van der Waals surface area (Å²) in [6, 6.07) is 0. The van der Waals surface area contributed by atoms with Gasteiger partial charge in [0.1, 0.15) is 5.75 Å². The van der Waals surface area contributed by atoms with E-state index in [-0.39, 0.29) is 17.6 Å². The monoisotopic (exact) mass is 299 g/mol. The van der Waals surface area contributed by atoms with Gasteiger partial charge in [0.2, 0.25) is 0 Å². The van der Waals surface area contributed by atoms with Crippen LogP contribution in [0.1, 0.15) is 23.7 Å². The number of aromatic nitrogens is 1. The number of hydrogen-bond acceptors (Lipinski definition) is 5. The minimum atomic E-state index is -1.17. The van der Waals surface area contributed by atoms with Crippen LogP contribution in [0.4, 0.5) is 0 Å². The van der Waals surface area contributed by atoms with Gasteiger partial charge in [0.15, 0.2) is 0 Å². The van der Waals surface area contributed by atoms with Crippen LogP contribution in [0.25, 0.3) is 0 Å². The minimum absolute atomic E-state index is 0.268. The fourth-order valence-corrected chi connectivity index (χ4v) is 3.38. The molecule has 6 heteroatoms. The van der Waals surface area contributed by atoms with Gasteiger partial charge in [-0.05, 0) is 13.8 Å². The summed E-state index contributed by atoms with van der Waals surface area (Å²) in [4.78, 5) is 15.6. The number of methoxy groups -OCH3 is 2. The van der Waals surface area contributed by atoms with Gasteiger partial charge in [-0.1, -0.05) is 6.92 Å². The molecular formula is C14H21NO4S. The van der Waals surface area contributed by atoms with Crippen molar-refractivity contribution in [1.29, 1.82) is 0 Å². The van der Waals surface area contributed by atoms with Gasteiger partial charge < -0.3 is 9.47 Å². The van der Waals surface area contributed by atoms with Crippen molar-refractivity contribution >= 4 is 16.8 Å². The van der Waals surface area contributed by atoms with Crippen LogP contribution >= 0.6 is 0 Å². The molecule has 0 aliphatic rings. The molecule has 0 saturated carbocycles. The Balaban J connectivity index is 2.79. The molecule has 1 heterocycles. The Morgan fingerprint density at radius 2 is 2.05 bits per heavy atom. The zero-order valence-corrected chi connectivity index (χ0v) is 13.4. The van der Waals surface area contributed by atoms with Gasteiger partial charge in [0, 0.05) is 33.9 Å². The van der Waals surface area contributed by atoms with Crippen LogP contribution in [0.2, 0.25) is 0 Å². The molecule has 0 N–H and O–H groups in total. The first kappa shape index (κ1) is 16.6. The summed E-state index contributed by atoms with van der Waals surface area (Å²) < 4.78 is 22.1. The highest BCUT2D eigenvalue weighted by Crippen LogP contribution is 2.24. The summed E-state index contributed by atoms with van der Waals surface area (Å²) in [7, 11) is 1.77. The smallest absolute Gasteiger partial charge is 0.309 e. The van der Waals surface area contributed by atoms with Gasteiger partial charge in [-0.3, -0.25) is 14.0 Å². The van der Waals surface area contributed by atoms with E-state index in [1.165, 1.54) is 7.11 Å². The molecule has 2 atom stereocenters.